The Morgan fingerprint density at radius 1 is 1.25 bits per heavy atom. The minimum atomic E-state index is 0.379. The van der Waals surface area contributed by atoms with Gasteiger partial charge in [-0.3, -0.25) is 0 Å². The number of fused-ring (bicyclic) bond motifs is 1. The van der Waals surface area contributed by atoms with Gasteiger partial charge in [-0.15, -0.1) is 0 Å². The third kappa shape index (κ3) is 2.85. The molecule has 124 valence electrons. The van der Waals surface area contributed by atoms with Crippen LogP contribution in [0.1, 0.15) is 30.7 Å². The van der Waals surface area contributed by atoms with E-state index in [1.165, 1.54) is 9.26 Å². The molecule has 6 nitrogen and oxygen atoms in total. The molecule has 0 bridgehead atoms. The van der Waals surface area contributed by atoms with Crippen LogP contribution in [-0.4, -0.2) is 37.7 Å². The molecule has 2 atom stereocenters. The molecule has 3 aromatic rings. The van der Waals surface area contributed by atoms with E-state index in [0.717, 1.165) is 31.0 Å². The summed E-state index contributed by atoms with van der Waals surface area (Å²) in [5, 5.41) is 4.39. The summed E-state index contributed by atoms with van der Waals surface area (Å²) in [5.41, 5.74) is 2.18. The normalized spacial score (nSPS) is 21.4. The molecule has 4 heterocycles. The molecule has 0 amide bonds. The summed E-state index contributed by atoms with van der Waals surface area (Å²) in [6.07, 6.45) is 4.60. The first-order valence-electron chi connectivity index (χ1n) is 8.15. The second-order valence-electron chi connectivity index (χ2n) is 6.44. The van der Waals surface area contributed by atoms with Crippen LogP contribution in [0.15, 0.2) is 30.7 Å². The van der Waals surface area contributed by atoms with Gasteiger partial charge in [-0.25, -0.2) is 14.5 Å². The lowest BCUT2D eigenvalue weighted by atomic mass is 9.84. The van der Waals surface area contributed by atoms with E-state index in [9.17, 15) is 0 Å². The van der Waals surface area contributed by atoms with Gasteiger partial charge in [0.2, 0.25) is 0 Å². The molecule has 24 heavy (non-hydrogen) atoms. The molecule has 4 rings (SSSR count). The number of hydrogen-bond donors (Lipinski definition) is 0. The summed E-state index contributed by atoms with van der Waals surface area (Å²) in [6.45, 7) is 6.31. The lowest BCUT2D eigenvalue weighted by Gasteiger charge is -2.38. The minimum Gasteiger partial charge on any atom is -0.356 e. The highest BCUT2D eigenvalue weighted by molar-refractivity contribution is 14.1. The van der Waals surface area contributed by atoms with Gasteiger partial charge >= 0.3 is 0 Å². The fourth-order valence-electron chi connectivity index (χ4n) is 3.45. The molecule has 1 fully saturated rings. The number of nitrogens with zero attached hydrogens (tertiary/aromatic N) is 6. The molecule has 1 aliphatic heterocycles. The number of hydrogen-bond acceptors (Lipinski definition) is 5. The predicted molar refractivity (Wildman–Crippen MR) is 101 cm³/mol. The third-order valence-corrected chi connectivity index (χ3v) is 5.45. The monoisotopic (exact) mass is 434 g/mol. The van der Waals surface area contributed by atoms with Crippen LogP contribution in [0.4, 0.5) is 5.82 Å². The molecular weight excluding hydrogens is 415 g/mol. The van der Waals surface area contributed by atoms with E-state index in [1.807, 2.05) is 23.7 Å². The Balaban J connectivity index is 1.72. The van der Waals surface area contributed by atoms with E-state index < -0.39 is 0 Å². The second-order valence-corrected chi connectivity index (χ2v) is 7.69. The summed E-state index contributed by atoms with van der Waals surface area (Å²) >= 11 is 2.34. The molecule has 0 spiro atoms. The van der Waals surface area contributed by atoms with Crippen molar-refractivity contribution in [3.63, 3.8) is 0 Å². The number of rotatable bonds is 2. The van der Waals surface area contributed by atoms with Crippen LogP contribution in [0.3, 0.4) is 0 Å². The number of anilines is 1. The van der Waals surface area contributed by atoms with Crippen LogP contribution in [0.25, 0.3) is 5.78 Å². The van der Waals surface area contributed by atoms with Crippen LogP contribution < -0.4 is 4.90 Å². The van der Waals surface area contributed by atoms with Crippen molar-refractivity contribution in [2.24, 2.45) is 5.92 Å². The molecule has 7 heteroatoms. The molecule has 1 aliphatic rings. The first kappa shape index (κ1) is 15.7. The predicted octanol–water partition coefficient (Wildman–Crippen LogP) is 3.06. The average Bonchev–Trinajstić information content (AvgIpc) is 3.03. The van der Waals surface area contributed by atoms with Crippen molar-refractivity contribution in [3.8, 4) is 0 Å². The quantitative estimate of drug-likeness (QED) is 0.581. The standard InChI is InChI=1S/C17H19IN6/c1-11-4-6-23(16-8-13(18)3-5-19-16)9-14(11)15-7-12(2)22-17-20-10-21-24(15)17/h3,5,7-8,10-11,14H,4,6,9H2,1-2H3/t11-,14-/m1/s1. The Bertz CT molecular complexity index is 876. The molecule has 0 aromatic carbocycles. The lowest BCUT2D eigenvalue weighted by Crippen LogP contribution is -2.39. The van der Waals surface area contributed by atoms with E-state index in [-0.39, 0.29) is 0 Å². The van der Waals surface area contributed by atoms with E-state index in [2.05, 4.69) is 66.6 Å². The van der Waals surface area contributed by atoms with E-state index in [1.54, 1.807) is 6.33 Å². The van der Waals surface area contributed by atoms with Crippen LogP contribution in [0.5, 0.6) is 0 Å². The summed E-state index contributed by atoms with van der Waals surface area (Å²) < 4.78 is 3.10. The highest BCUT2D eigenvalue weighted by atomic mass is 127. The average molecular weight is 434 g/mol. The Morgan fingerprint density at radius 2 is 2.12 bits per heavy atom. The highest BCUT2D eigenvalue weighted by Gasteiger charge is 2.30. The van der Waals surface area contributed by atoms with Gasteiger partial charge in [0.15, 0.2) is 0 Å². The van der Waals surface area contributed by atoms with Gasteiger partial charge in [0, 0.05) is 34.5 Å². The van der Waals surface area contributed by atoms with Crippen LogP contribution in [0, 0.1) is 16.4 Å². The molecule has 1 saturated heterocycles. The van der Waals surface area contributed by atoms with E-state index in [0.29, 0.717) is 17.6 Å². The Hall–Kier alpha value is -1.77. The van der Waals surface area contributed by atoms with Gasteiger partial charge in [0.05, 0.1) is 5.69 Å². The number of piperidine rings is 1. The van der Waals surface area contributed by atoms with Crippen molar-refractivity contribution in [1.29, 1.82) is 0 Å². The topological polar surface area (TPSA) is 59.2 Å². The van der Waals surface area contributed by atoms with Crippen LogP contribution in [0.2, 0.25) is 0 Å². The van der Waals surface area contributed by atoms with Gasteiger partial charge in [-0.2, -0.15) is 10.1 Å². The molecule has 0 aliphatic carbocycles. The summed E-state index contributed by atoms with van der Waals surface area (Å²) in [6, 6.07) is 6.32. The molecule has 0 N–H and O–H groups in total. The van der Waals surface area contributed by atoms with Crippen LogP contribution in [-0.2, 0) is 0 Å². The number of aromatic nitrogens is 5. The summed E-state index contributed by atoms with van der Waals surface area (Å²) in [4.78, 5) is 15.7. The molecule has 0 saturated carbocycles. The number of halogens is 1. The minimum absolute atomic E-state index is 0.379. The Morgan fingerprint density at radius 3 is 2.96 bits per heavy atom. The summed E-state index contributed by atoms with van der Waals surface area (Å²) in [5.74, 6) is 2.70. The van der Waals surface area contributed by atoms with Crippen molar-refractivity contribution < 1.29 is 0 Å². The zero-order valence-corrected chi connectivity index (χ0v) is 15.9. The molecule has 3 aromatic heterocycles. The zero-order chi connectivity index (χ0) is 16.7. The largest absolute Gasteiger partial charge is 0.356 e. The van der Waals surface area contributed by atoms with Gasteiger partial charge in [0.1, 0.15) is 12.1 Å². The van der Waals surface area contributed by atoms with Crippen molar-refractivity contribution in [2.75, 3.05) is 18.0 Å². The van der Waals surface area contributed by atoms with Gasteiger partial charge < -0.3 is 4.90 Å². The smallest absolute Gasteiger partial charge is 0.252 e. The number of aryl methyl sites for hydroxylation is 1. The maximum absolute atomic E-state index is 4.56. The first-order chi connectivity index (χ1) is 11.6. The van der Waals surface area contributed by atoms with Gasteiger partial charge in [-0.1, -0.05) is 6.92 Å². The van der Waals surface area contributed by atoms with Crippen molar-refractivity contribution in [2.45, 2.75) is 26.2 Å². The van der Waals surface area contributed by atoms with Crippen molar-refractivity contribution >= 4 is 34.2 Å². The van der Waals surface area contributed by atoms with Crippen LogP contribution >= 0.6 is 22.6 Å². The molecule has 0 unspecified atom stereocenters. The van der Waals surface area contributed by atoms with E-state index >= 15 is 0 Å². The Labute approximate surface area is 154 Å². The maximum Gasteiger partial charge on any atom is 0.252 e. The number of pyridine rings is 1. The van der Waals surface area contributed by atoms with Gasteiger partial charge in [0.25, 0.3) is 5.78 Å². The maximum atomic E-state index is 4.56. The molecule has 0 radical (unpaired) electrons. The highest BCUT2D eigenvalue weighted by Crippen LogP contribution is 2.34. The zero-order valence-electron chi connectivity index (χ0n) is 13.7. The lowest BCUT2D eigenvalue weighted by molar-refractivity contribution is 0.367. The molecular formula is C17H19IN6. The fraction of sp³-hybridized carbons (Fsp3) is 0.412. The van der Waals surface area contributed by atoms with Crippen molar-refractivity contribution in [1.82, 2.24) is 24.6 Å². The van der Waals surface area contributed by atoms with E-state index in [4.69, 9.17) is 0 Å². The third-order valence-electron chi connectivity index (χ3n) is 4.78. The van der Waals surface area contributed by atoms with Crippen molar-refractivity contribution in [3.05, 3.63) is 45.7 Å². The van der Waals surface area contributed by atoms with Gasteiger partial charge in [-0.05, 0) is 60.1 Å². The fourth-order valence-corrected chi connectivity index (χ4v) is 3.89. The first-order valence-corrected chi connectivity index (χ1v) is 9.23. The SMILES string of the molecule is Cc1cc([C@@H]2CN(c3cc(I)ccn3)CC[C@H]2C)n2ncnc2n1. The Kier molecular flexibility index (Phi) is 4.11. The second kappa shape index (κ2) is 6.27. The summed E-state index contributed by atoms with van der Waals surface area (Å²) in [7, 11) is 0.